The van der Waals surface area contributed by atoms with Crippen molar-refractivity contribution in [1.82, 2.24) is 19.3 Å². The molecular weight excluding hydrogens is 410 g/mol. The number of thiazole rings is 1. The highest BCUT2D eigenvalue weighted by Crippen LogP contribution is 2.34. The highest BCUT2D eigenvalue weighted by molar-refractivity contribution is 7.15. The van der Waals surface area contributed by atoms with Crippen molar-refractivity contribution in [3.8, 4) is 5.88 Å². The molecule has 0 saturated carbocycles. The minimum Gasteiger partial charge on any atom is -0.481 e. The van der Waals surface area contributed by atoms with Gasteiger partial charge in [0.1, 0.15) is 4.83 Å². The largest absolute Gasteiger partial charge is 0.481 e. The number of piperidine rings is 1. The summed E-state index contributed by atoms with van der Waals surface area (Å²) in [4.78, 5) is 25.2. The molecule has 158 valence electrons. The van der Waals surface area contributed by atoms with Crippen LogP contribution in [0.5, 0.6) is 5.88 Å². The van der Waals surface area contributed by atoms with Crippen LogP contribution in [-0.4, -0.2) is 45.4 Å². The number of imidazole rings is 1. The van der Waals surface area contributed by atoms with E-state index < -0.39 is 0 Å². The first kappa shape index (κ1) is 19.6. The lowest BCUT2D eigenvalue weighted by Crippen LogP contribution is -2.39. The maximum atomic E-state index is 13.0. The maximum Gasteiger partial charge on any atom is 0.255 e. The summed E-state index contributed by atoms with van der Waals surface area (Å²) in [6, 6.07) is 13.5. The number of carbonyl (C=O) groups excluding carboxylic acids is 1. The van der Waals surface area contributed by atoms with Gasteiger partial charge in [-0.05, 0) is 31.0 Å². The van der Waals surface area contributed by atoms with Gasteiger partial charge in [0, 0.05) is 48.5 Å². The van der Waals surface area contributed by atoms with Gasteiger partial charge in [0.25, 0.3) is 5.91 Å². The first-order chi connectivity index (χ1) is 15.2. The maximum absolute atomic E-state index is 13.0. The third-order valence-electron chi connectivity index (χ3n) is 5.60. The zero-order valence-electron chi connectivity index (χ0n) is 17.2. The first-order valence-electron chi connectivity index (χ1n) is 10.3. The lowest BCUT2D eigenvalue weighted by atomic mass is 9.95. The van der Waals surface area contributed by atoms with Crippen LogP contribution in [0.15, 0.2) is 60.2 Å². The molecule has 1 saturated heterocycles. The molecule has 0 radical (unpaired) electrons. The van der Waals surface area contributed by atoms with Gasteiger partial charge in [-0.2, -0.15) is 0 Å². The number of nitrogens with zero attached hydrogens (tertiary/aromatic N) is 4. The number of carbonyl (C=O) groups is 1. The Morgan fingerprint density at radius 1 is 1.23 bits per heavy atom. The highest BCUT2D eigenvalue weighted by Gasteiger charge is 2.29. The van der Waals surface area contributed by atoms with Crippen molar-refractivity contribution >= 4 is 33.7 Å². The Balaban J connectivity index is 1.38. The zero-order valence-corrected chi connectivity index (χ0v) is 18.0. The molecule has 5 rings (SSSR count). The molecule has 3 aromatic heterocycles. The van der Waals surface area contributed by atoms with Gasteiger partial charge in [-0.25, -0.2) is 9.97 Å². The van der Waals surface area contributed by atoms with E-state index in [4.69, 9.17) is 9.72 Å². The fourth-order valence-corrected chi connectivity index (χ4v) is 4.95. The Labute approximate surface area is 184 Å². The van der Waals surface area contributed by atoms with Crippen LogP contribution in [-0.2, 0) is 0 Å². The van der Waals surface area contributed by atoms with E-state index in [1.54, 1.807) is 36.8 Å². The predicted molar refractivity (Wildman–Crippen MR) is 121 cm³/mol. The van der Waals surface area contributed by atoms with Crippen LogP contribution in [0.2, 0.25) is 0 Å². The summed E-state index contributed by atoms with van der Waals surface area (Å²) >= 11 is 1.68. The van der Waals surface area contributed by atoms with Gasteiger partial charge in [-0.15, -0.1) is 11.3 Å². The zero-order chi connectivity index (χ0) is 21.2. The van der Waals surface area contributed by atoms with Crippen molar-refractivity contribution in [2.24, 2.45) is 0 Å². The second-order valence-corrected chi connectivity index (χ2v) is 8.46. The number of fused-ring (bicyclic) bond motifs is 1. The van der Waals surface area contributed by atoms with Crippen LogP contribution in [0.1, 0.15) is 34.8 Å². The highest BCUT2D eigenvalue weighted by atomic mass is 32.1. The standard InChI is InChI=1S/C23H23N5O2S/c1-30-19-10-9-16(14-24-19)21(29)27-11-5-6-17(15-27)20-22-28(12-13-31-22)23(26-20)25-18-7-3-2-4-8-18/h2-4,7-10,12-14,17H,5-6,11,15H2,1H3,(H,25,26)/t17-/m1/s1. The lowest BCUT2D eigenvalue weighted by molar-refractivity contribution is 0.0706. The molecule has 1 fully saturated rings. The summed E-state index contributed by atoms with van der Waals surface area (Å²) in [5.41, 5.74) is 2.64. The van der Waals surface area contributed by atoms with Crippen LogP contribution in [0, 0.1) is 0 Å². The van der Waals surface area contributed by atoms with Crippen LogP contribution < -0.4 is 10.1 Å². The summed E-state index contributed by atoms with van der Waals surface area (Å²) in [6.45, 7) is 1.40. The van der Waals surface area contributed by atoms with Gasteiger partial charge < -0.3 is 15.0 Å². The smallest absolute Gasteiger partial charge is 0.255 e. The van der Waals surface area contributed by atoms with E-state index in [0.717, 1.165) is 41.5 Å². The number of benzene rings is 1. The summed E-state index contributed by atoms with van der Waals surface area (Å²) < 4.78 is 7.19. The van der Waals surface area contributed by atoms with E-state index in [-0.39, 0.29) is 11.8 Å². The SMILES string of the molecule is COc1ccc(C(=O)N2CCC[C@@H](c3nc(Nc4ccccc4)n4ccsc34)C2)cn1. The normalized spacial score (nSPS) is 16.4. The molecule has 31 heavy (non-hydrogen) atoms. The second-order valence-electron chi connectivity index (χ2n) is 7.57. The minimum absolute atomic E-state index is 0.00381. The topological polar surface area (TPSA) is 71.8 Å². The number of likely N-dealkylation sites (tertiary alicyclic amines) is 1. The van der Waals surface area contributed by atoms with Crippen molar-refractivity contribution in [3.63, 3.8) is 0 Å². The number of methoxy groups -OCH3 is 1. The van der Waals surface area contributed by atoms with Crippen molar-refractivity contribution in [3.05, 3.63) is 71.5 Å². The number of aromatic nitrogens is 3. The summed E-state index contributed by atoms with van der Waals surface area (Å²) in [5.74, 6) is 1.51. The Morgan fingerprint density at radius 2 is 2.10 bits per heavy atom. The molecule has 0 bridgehead atoms. The van der Waals surface area contributed by atoms with E-state index in [1.807, 2.05) is 41.4 Å². The lowest BCUT2D eigenvalue weighted by Gasteiger charge is -2.32. The second kappa shape index (κ2) is 8.39. The molecule has 1 N–H and O–H groups in total. The van der Waals surface area contributed by atoms with Crippen molar-refractivity contribution < 1.29 is 9.53 Å². The molecule has 1 aromatic carbocycles. The van der Waals surface area contributed by atoms with Crippen molar-refractivity contribution in [2.45, 2.75) is 18.8 Å². The molecule has 1 aliphatic heterocycles. The fraction of sp³-hybridized carbons (Fsp3) is 0.261. The summed E-state index contributed by atoms with van der Waals surface area (Å²) in [7, 11) is 1.57. The predicted octanol–water partition coefficient (Wildman–Crippen LogP) is 4.56. The third-order valence-corrected chi connectivity index (χ3v) is 6.49. The van der Waals surface area contributed by atoms with E-state index in [1.165, 1.54) is 0 Å². The van der Waals surface area contributed by atoms with Gasteiger partial charge in [-0.3, -0.25) is 9.20 Å². The van der Waals surface area contributed by atoms with Crippen molar-refractivity contribution in [1.29, 1.82) is 0 Å². The van der Waals surface area contributed by atoms with E-state index >= 15 is 0 Å². The Kier molecular flexibility index (Phi) is 5.30. The number of hydrogen-bond donors (Lipinski definition) is 1. The molecule has 4 aromatic rings. The third kappa shape index (κ3) is 3.86. The number of hydrogen-bond acceptors (Lipinski definition) is 6. The summed E-state index contributed by atoms with van der Waals surface area (Å²) in [6.07, 6.45) is 5.59. The Bertz CT molecular complexity index is 1190. The van der Waals surface area contributed by atoms with Gasteiger partial charge >= 0.3 is 0 Å². The molecule has 4 heterocycles. The minimum atomic E-state index is 0.00381. The van der Waals surface area contributed by atoms with Gasteiger partial charge in [0.15, 0.2) is 0 Å². The monoisotopic (exact) mass is 433 g/mol. The Hall–Kier alpha value is -3.39. The summed E-state index contributed by atoms with van der Waals surface area (Å²) in [5, 5.41) is 5.50. The average Bonchev–Trinajstić information content (AvgIpc) is 3.43. The van der Waals surface area contributed by atoms with Crippen LogP contribution in [0.3, 0.4) is 0 Å². The fourth-order valence-electron chi connectivity index (χ4n) is 4.05. The van der Waals surface area contributed by atoms with Gasteiger partial charge in [-0.1, -0.05) is 18.2 Å². The van der Waals surface area contributed by atoms with E-state index in [9.17, 15) is 4.79 Å². The van der Waals surface area contributed by atoms with Crippen LogP contribution >= 0.6 is 11.3 Å². The molecule has 1 atom stereocenters. The van der Waals surface area contributed by atoms with Crippen LogP contribution in [0.4, 0.5) is 11.6 Å². The molecule has 1 aliphatic rings. The van der Waals surface area contributed by atoms with Crippen LogP contribution in [0.25, 0.3) is 4.83 Å². The number of anilines is 2. The number of amides is 1. The van der Waals surface area contributed by atoms with E-state index in [2.05, 4.69) is 20.1 Å². The number of nitrogens with one attached hydrogen (secondary N) is 1. The average molecular weight is 434 g/mol. The van der Waals surface area contributed by atoms with Gasteiger partial charge in [0.05, 0.1) is 18.4 Å². The quantitative estimate of drug-likeness (QED) is 0.499. The molecule has 1 amide bonds. The first-order valence-corrected chi connectivity index (χ1v) is 11.2. The number of rotatable bonds is 5. The van der Waals surface area contributed by atoms with E-state index in [0.29, 0.717) is 18.0 Å². The number of pyridine rings is 1. The number of ether oxygens (including phenoxy) is 1. The molecule has 0 unspecified atom stereocenters. The Morgan fingerprint density at radius 3 is 2.87 bits per heavy atom. The molecule has 7 nitrogen and oxygen atoms in total. The van der Waals surface area contributed by atoms with Gasteiger partial charge in [0.2, 0.25) is 11.8 Å². The molecular formula is C23H23N5O2S. The van der Waals surface area contributed by atoms with Crippen molar-refractivity contribution in [2.75, 3.05) is 25.5 Å². The number of para-hydroxylation sites is 1. The molecule has 0 aliphatic carbocycles. The molecule has 8 heteroatoms. The molecule has 0 spiro atoms.